The Balaban J connectivity index is 1.93. The second-order valence-electron chi connectivity index (χ2n) is 13.6. The maximum Gasteiger partial charge on any atom is 0.101 e. The van der Waals surface area contributed by atoms with Crippen molar-refractivity contribution in [3.05, 3.63) is 130 Å². The number of hydrogen-bond donors (Lipinski definition) is 3. The van der Waals surface area contributed by atoms with Gasteiger partial charge in [-0.2, -0.15) is 0 Å². The number of aliphatic hydroxyl groups excluding tert-OH is 3. The fraction of sp³-hybridized carbons (Fsp3) is 0.450. The van der Waals surface area contributed by atoms with Gasteiger partial charge in [-0.05, 0) is 93.9 Å². The molecule has 0 aromatic heterocycles. The Morgan fingerprint density at radius 1 is 0.605 bits per heavy atom. The fourth-order valence-electron chi connectivity index (χ4n) is 5.77. The third-order valence-electron chi connectivity index (χ3n) is 8.67. The molecule has 2 rings (SSSR count). The van der Waals surface area contributed by atoms with Crippen LogP contribution in [-0.2, 0) is 0 Å². The highest BCUT2D eigenvalue weighted by Crippen LogP contribution is 2.42. The average Bonchev–Trinajstić information content (AvgIpc) is 2.91. The molecule has 2 aliphatic rings. The standard InChI is InChI=1S/C40H56O3/c1-28(17-13-19-30(3)21-23-34-32(5)36(41)25-26-39(34,7)8)15-11-12-16-29(2)18-14-20-31(4)22-24-35-33(6)38(43)37(42)27-40(35,9)10/h11-24,36-38,41-43H,25-27H2,1-10H3/b12-11+,17-13+,18-14+,23-21+,24-22+,28-15+,29-16+,30-19+,31-20+. The van der Waals surface area contributed by atoms with Crippen LogP contribution in [0.3, 0.4) is 0 Å². The predicted octanol–water partition coefficient (Wildman–Crippen LogP) is 9.52. The average molecular weight is 585 g/mol. The van der Waals surface area contributed by atoms with E-state index in [0.29, 0.717) is 6.42 Å². The molecule has 0 amide bonds. The lowest BCUT2D eigenvalue weighted by Gasteiger charge is -2.38. The van der Waals surface area contributed by atoms with E-state index in [1.165, 1.54) is 16.7 Å². The van der Waals surface area contributed by atoms with Crippen molar-refractivity contribution in [2.45, 2.75) is 107 Å². The Hall–Kier alpha value is -2.98. The lowest BCUT2D eigenvalue weighted by molar-refractivity contribution is 0.00686. The molecule has 3 unspecified atom stereocenters. The molecule has 2 aliphatic carbocycles. The molecule has 0 aliphatic heterocycles. The van der Waals surface area contributed by atoms with E-state index in [9.17, 15) is 15.3 Å². The normalized spacial score (nSPS) is 26.5. The van der Waals surface area contributed by atoms with Gasteiger partial charge in [-0.1, -0.05) is 135 Å². The van der Waals surface area contributed by atoms with Crippen LogP contribution in [0.2, 0.25) is 0 Å². The number of allylic oxidation sites excluding steroid dienone is 20. The zero-order chi connectivity index (χ0) is 32.4. The predicted molar refractivity (Wildman–Crippen MR) is 186 cm³/mol. The van der Waals surface area contributed by atoms with Gasteiger partial charge < -0.3 is 15.3 Å². The van der Waals surface area contributed by atoms with Crippen LogP contribution in [0, 0.1) is 10.8 Å². The molecular weight excluding hydrogens is 528 g/mol. The zero-order valence-electron chi connectivity index (χ0n) is 28.3. The molecule has 3 atom stereocenters. The molecule has 3 N–H and O–H groups in total. The highest BCUT2D eigenvalue weighted by Gasteiger charge is 2.36. The minimum Gasteiger partial charge on any atom is -0.390 e. The second kappa shape index (κ2) is 16.2. The Kier molecular flexibility index (Phi) is 13.6. The number of rotatable bonds is 10. The van der Waals surface area contributed by atoms with Crippen molar-refractivity contribution in [2.75, 3.05) is 0 Å². The van der Waals surface area contributed by atoms with Gasteiger partial charge in [0.15, 0.2) is 0 Å². The molecule has 0 spiro atoms. The molecule has 0 heterocycles. The highest BCUT2D eigenvalue weighted by molar-refractivity contribution is 5.40. The first-order valence-corrected chi connectivity index (χ1v) is 15.6. The van der Waals surface area contributed by atoms with Gasteiger partial charge in [0.05, 0.1) is 12.2 Å². The largest absolute Gasteiger partial charge is 0.390 e. The molecule has 3 heteroatoms. The van der Waals surface area contributed by atoms with E-state index in [0.717, 1.165) is 40.7 Å². The molecule has 0 bridgehead atoms. The Morgan fingerprint density at radius 3 is 1.51 bits per heavy atom. The van der Waals surface area contributed by atoms with E-state index in [1.54, 1.807) is 0 Å². The first-order valence-electron chi connectivity index (χ1n) is 15.6. The summed E-state index contributed by atoms with van der Waals surface area (Å²) < 4.78 is 0. The van der Waals surface area contributed by atoms with Crippen molar-refractivity contribution < 1.29 is 15.3 Å². The van der Waals surface area contributed by atoms with Crippen molar-refractivity contribution in [2.24, 2.45) is 10.8 Å². The number of hydrogen-bond acceptors (Lipinski definition) is 3. The molecule has 43 heavy (non-hydrogen) atoms. The monoisotopic (exact) mass is 584 g/mol. The first-order chi connectivity index (χ1) is 20.0. The lowest BCUT2D eigenvalue weighted by atomic mass is 9.70. The Bertz CT molecular complexity index is 1330. The third kappa shape index (κ3) is 11.2. The Labute approximate surface area is 262 Å². The van der Waals surface area contributed by atoms with E-state index in [2.05, 4.69) is 135 Å². The maximum absolute atomic E-state index is 10.3. The van der Waals surface area contributed by atoms with Crippen LogP contribution in [0.1, 0.15) is 88.5 Å². The van der Waals surface area contributed by atoms with Gasteiger partial charge in [0, 0.05) is 0 Å². The van der Waals surface area contributed by atoms with Crippen LogP contribution in [0.5, 0.6) is 0 Å². The van der Waals surface area contributed by atoms with Gasteiger partial charge in [-0.3, -0.25) is 0 Å². The van der Waals surface area contributed by atoms with Gasteiger partial charge in [0.2, 0.25) is 0 Å². The summed E-state index contributed by atoms with van der Waals surface area (Å²) in [6, 6.07) is 0. The van der Waals surface area contributed by atoms with Crippen molar-refractivity contribution in [3.8, 4) is 0 Å². The van der Waals surface area contributed by atoms with Crippen molar-refractivity contribution in [1.82, 2.24) is 0 Å². The molecule has 3 nitrogen and oxygen atoms in total. The van der Waals surface area contributed by atoms with Crippen molar-refractivity contribution in [1.29, 1.82) is 0 Å². The third-order valence-corrected chi connectivity index (χ3v) is 8.67. The molecule has 0 radical (unpaired) electrons. The van der Waals surface area contributed by atoms with E-state index in [-0.39, 0.29) is 16.9 Å². The molecule has 0 aromatic rings. The lowest BCUT2D eigenvalue weighted by Crippen LogP contribution is -2.38. The van der Waals surface area contributed by atoms with Gasteiger partial charge >= 0.3 is 0 Å². The van der Waals surface area contributed by atoms with Crippen LogP contribution in [0.4, 0.5) is 0 Å². The van der Waals surface area contributed by atoms with Crippen molar-refractivity contribution in [3.63, 3.8) is 0 Å². The van der Waals surface area contributed by atoms with Gasteiger partial charge in [-0.15, -0.1) is 0 Å². The zero-order valence-corrected chi connectivity index (χ0v) is 28.3. The second-order valence-corrected chi connectivity index (χ2v) is 13.6. The molecule has 234 valence electrons. The molecule has 0 saturated heterocycles. The first kappa shape index (κ1) is 36.2. The van der Waals surface area contributed by atoms with Crippen LogP contribution in [-0.4, -0.2) is 33.6 Å². The van der Waals surface area contributed by atoms with Crippen LogP contribution in [0.25, 0.3) is 0 Å². The minimum absolute atomic E-state index is 0.0963. The summed E-state index contributed by atoms with van der Waals surface area (Å²) >= 11 is 0. The van der Waals surface area contributed by atoms with Gasteiger partial charge in [-0.25, -0.2) is 0 Å². The van der Waals surface area contributed by atoms with E-state index in [1.807, 2.05) is 19.1 Å². The van der Waals surface area contributed by atoms with Gasteiger partial charge in [0.1, 0.15) is 6.10 Å². The smallest absolute Gasteiger partial charge is 0.101 e. The van der Waals surface area contributed by atoms with Gasteiger partial charge in [0.25, 0.3) is 0 Å². The maximum atomic E-state index is 10.3. The summed E-state index contributed by atoms with van der Waals surface area (Å²) in [7, 11) is 0. The highest BCUT2D eigenvalue weighted by atomic mass is 16.3. The van der Waals surface area contributed by atoms with Crippen LogP contribution in [0.15, 0.2) is 130 Å². The SMILES string of the molecule is CC1=C(/C=C/C(C)=C/C=C/C(C)=C/C=C/C=C(C)/C=C/C=C(C)/C=C/C2=C(C)C(O)C(O)CC2(C)C)C(C)(C)CCC1O. The summed E-state index contributed by atoms with van der Waals surface area (Å²) in [5.74, 6) is 0. The number of aliphatic hydroxyl groups is 3. The van der Waals surface area contributed by atoms with Crippen molar-refractivity contribution >= 4 is 0 Å². The van der Waals surface area contributed by atoms with Crippen LogP contribution < -0.4 is 0 Å². The summed E-state index contributed by atoms with van der Waals surface area (Å²) in [5.41, 5.74) is 8.82. The summed E-state index contributed by atoms with van der Waals surface area (Å²) in [6.45, 7) is 21.0. The molecule has 0 saturated carbocycles. The fourth-order valence-corrected chi connectivity index (χ4v) is 5.77. The summed E-state index contributed by atoms with van der Waals surface area (Å²) in [4.78, 5) is 0. The van der Waals surface area contributed by atoms with E-state index < -0.39 is 12.2 Å². The molecule has 0 aromatic carbocycles. The molecule has 0 fully saturated rings. The quantitative estimate of drug-likeness (QED) is 0.224. The minimum atomic E-state index is -0.792. The van der Waals surface area contributed by atoms with Crippen LogP contribution >= 0.6 is 0 Å². The van der Waals surface area contributed by atoms with E-state index >= 15 is 0 Å². The topological polar surface area (TPSA) is 60.7 Å². The Morgan fingerprint density at radius 2 is 1.02 bits per heavy atom. The molecular formula is C40H56O3. The van der Waals surface area contributed by atoms with E-state index in [4.69, 9.17) is 0 Å². The summed E-state index contributed by atoms with van der Waals surface area (Å²) in [6.07, 6.45) is 29.8. The summed E-state index contributed by atoms with van der Waals surface area (Å²) in [5, 5.41) is 30.7.